The molecule has 2 aromatic rings. The summed E-state index contributed by atoms with van der Waals surface area (Å²) in [6.45, 7) is 1.58. The molecule has 1 atom stereocenters. The van der Waals surface area contributed by atoms with Gasteiger partial charge in [-0.2, -0.15) is 4.98 Å². The number of likely N-dealkylation sites (tertiary alicyclic amines) is 1. The molecule has 1 aromatic carbocycles. The lowest BCUT2D eigenvalue weighted by Gasteiger charge is -2.33. The number of hydrogen-bond donors (Lipinski definition) is 1. The van der Waals surface area contributed by atoms with Crippen LogP contribution in [0.5, 0.6) is 17.2 Å². The van der Waals surface area contributed by atoms with Crippen LogP contribution in [0.25, 0.3) is 11.4 Å². The van der Waals surface area contributed by atoms with Gasteiger partial charge < -0.3 is 23.8 Å². The molecular weight excluding hydrogens is 338 g/mol. The first-order valence-corrected chi connectivity index (χ1v) is 8.68. The maximum absolute atomic E-state index is 9.55. The van der Waals surface area contributed by atoms with E-state index >= 15 is 0 Å². The van der Waals surface area contributed by atoms with Gasteiger partial charge in [-0.05, 0) is 31.5 Å². The summed E-state index contributed by atoms with van der Waals surface area (Å²) >= 11 is 0. The molecule has 1 fully saturated rings. The van der Waals surface area contributed by atoms with Gasteiger partial charge in [-0.25, -0.2) is 0 Å². The first-order chi connectivity index (χ1) is 12.7. The van der Waals surface area contributed by atoms with Gasteiger partial charge in [0.2, 0.25) is 17.5 Å². The molecule has 0 unspecified atom stereocenters. The van der Waals surface area contributed by atoms with Gasteiger partial charge in [0.05, 0.1) is 40.0 Å². The summed E-state index contributed by atoms with van der Waals surface area (Å²) in [7, 11) is 4.68. The van der Waals surface area contributed by atoms with Crippen molar-refractivity contribution >= 4 is 0 Å². The van der Waals surface area contributed by atoms with Crippen molar-refractivity contribution in [2.24, 2.45) is 0 Å². The van der Waals surface area contributed by atoms with Crippen molar-refractivity contribution in [2.75, 3.05) is 34.5 Å². The summed E-state index contributed by atoms with van der Waals surface area (Å²) in [4.78, 5) is 6.69. The molecule has 1 aliphatic heterocycles. The summed E-state index contributed by atoms with van der Waals surface area (Å²) in [6, 6.07) is 3.74. The summed E-state index contributed by atoms with van der Waals surface area (Å²) in [5.74, 6) is 2.48. The van der Waals surface area contributed by atoms with Gasteiger partial charge in [-0.1, -0.05) is 11.6 Å². The standard InChI is InChI=1S/C18H25N3O5/c1-23-14-8-7-13(16(24-2)17(14)25-3)18-19-15(26-20-18)10-21-9-5-4-6-12(21)11-22/h7-8,12,22H,4-6,9-11H2,1-3H3/t12-/m1/s1. The van der Waals surface area contributed by atoms with Crippen molar-refractivity contribution in [1.82, 2.24) is 15.0 Å². The number of aromatic nitrogens is 2. The fourth-order valence-corrected chi connectivity index (χ4v) is 3.35. The monoisotopic (exact) mass is 363 g/mol. The predicted octanol–water partition coefficient (Wildman–Crippen LogP) is 2.11. The number of nitrogens with zero attached hydrogens (tertiary/aromatic N) is 3. The Hall–Kier alpha value is -2.32. The molecule has 2 heterocycles. The topological polar surface area (TPSA) is 90.1 Å². The Morgan fingerprint density at radius 2 is 1.96 bits per heavy atom. The summed E-state index contributed by atoms with van der Waals surface area (Å²) in [5, 5.41) is 13.6. The van der Waals surface area contributed by atoms with Crippen LogP contribution >= 0.6 is 0 Å². The van der Waals surface area contributed by atoms with Crippen LogP contribution in [0.4, 0.5) is 0 Å². The third-order valence-electron chi connectivity index (χ3n) is 4.71. The first kappa shape index (κ1) is 18.5. The minimum Gasteiger partial charge on any atom is -0.493 e. The second-order valence-corrected chi connectivity index (χ2v) is 6.20. The molecule has 1 aromatic heterocycles. The SMILES string of the molecule is COc1ccc(-c2noc(CN3CCCC[C@@H]3CO)n2)c(OC)c1OC. The van der Waals surface area contributed by atoms with Crippen molar-refractivity contribution in [3.05, 3.63) is 18.0 Å². The Morgan fingerprint density at radius 3 is 2.65 bits per heavy atom. The van der Waals surface area contributed by atoms with Gasteiger partial charge in [0.25, 0.3) is 0 Å². The van der Waals surface area contributed by atoms with Crippen LogP contribution in [-0.4, -0.2) is 60.7 Å². The second kappa shape index (κ2) is 8.37. The quantitative estimate of drug-likeness (QED) is 0.800. The Labute approximate surface area is 152 Å². The van der Waals surface area contributed by atoms with Gasteiger partial charge in [0.15, 0.2) is 11.5 Å². The van der Waals surface area contributed by atoms with E-state index in [0.29, 0.717) is 41.1 Å². The number of piperidine rings is 1. The van der Waals surface area contributed by atoms with Crippen LogP contribution in [-0.2, 0) is 6.54 Å². The molecule has 0 radical (unpaired) electrons. The molecule has 3 rings (SSSR count). The summed E-state index contributed by atoms with van der Waals surface area (Å²) in [6.07, 6.45) is 3.24. The van der Waals surface area contributed by atoms with Crippen molar-refractivity contribution in [3.63, 3.8) is 0 Å². The highest BCUT2D eigenvalue weighted by molar-refractivity contribution is 5.71. The molecule has 26 heavy (non-hydrogen) atoms. The van der Waals surface area contributed by atoms with E-state index in [1.165, 1.54) is 0 Å². The minimum absolute atomic E-state index is 0.143. The molecule has 1 saturated heterocycles. The number of aliphatic hydroxyl groups is 1. The van der Waals surface area contributed by atoms with E-state index in [9.17, 15) is 5.11 Å². The van der Waals surface area contributed by atoms with Gasteiger partial charge >= 0.3 is 0 Å². The van der Waals surface area contributed by atoms with Crippen molar-refractivity contribution in [3.8, 4) is 28.6 Å². The lowest BCUT2D eigenvalue weighted by molar-refractivity contribution is 0.0749. The van der Waals surface area contributed by atoms with Crippen molar-refractivity contribution in [2.45, 2.75) is 31.8 Å². The average Bonchev–Trinajstić information content (AvgIpc) is 3.15. The second-order valence-electron chi connectivity index (χ2n) is 6.20. The molecular formula is C18H25N3O5. The summed E-state index contributed by atoms with van der Waals surface area (Å²) in [5.41, 5.74) is 0.664. The van der Waals surface area contributed by atoms with Crippen LogP contribution in [0, 0.1) is 0 Å². The van der Waals surface area contributed by atoms with Crippen molar-refractivity contribution < 1.29 is 23.8 Å². The number of benzene rings is 1. The number of hydrogen-bond acceptors (Lipinski definition) is 8. The van der Waals surface area contributed by atoms with Gasteiger partial charge in [0, 0.05) is 6.04 Å². The van der Waals surface area contributed by atoms with Crippen LogP contribution in [0.1, 0.15) is 25.2 Å². The highest BCUT2D eigenvalue weighted by Gasteiger charge is 2.25. The Bertz CT molecular complexity index is 734. The average molecular weight is 363 g/mol. The number of rotatable bonds is 7. The first-order valence-electron chi connectivity index (χ1n) is 8.68. The van der Waals surface area contributed by atoms with Crippen LogP contribution in [0.2, 0.25) is 0 Å². The molecule has 0 spiro atoms. The van der Waals surface area contributed by atoms with E-state index in [4.69, 9.17) is 18.7 Å². The Morgan fingerprint density at radius 1 is 1.15 bits per heavy atom. The molecule has 0 aliphatic carbocycles. The zero-order chi connectivity index (χ0) is 18.5. The highest BCUT2D eigenvalue weighted by atomic mass is 16.5. The maximum atomic E-state index is 9.55. The normalized spacial score (nSPS) is 17.9. The predicted molar refractivity (Wildman–Crippen MR) is 94.5 cm³/mol. The highest BCUT2D eigenvalue weighted by Crippen LogP contribution is 2.43. The Kier molecular flexibility index (Phi) is 5.95. The Balaban J connectivity index is 1.85. The molecule has 8 heteroatoms. The van der Waals surface area contributed by atoms with E-state index in [1.54, 1.807) is 27.4 Å². The zero-order valence-corrected chi connectivity index (χ0v) is 15.4. The molecule has 8 nitrogen and oxygen atoms in total. The van der Waals surface area contributed by atoms with E-state index in [2.05, 4.69) is 15.0 Å². The van der Waals surface area contributed by atoms with E-state index in [-0.39, 0.29) is 12.6 Å². The largest absolute Gasteiger partial charge is 0.493 e. The summed E-state index contributed by atoms with van der Waals surface area (Å²) < 4.78 is 21.6. The van der Waals surface area contributed by atoms with Gasteiger partial charge in [-0.3, -0.25) is 4.90 Å². The van der Waals surface area contributed by atoms with E-state index in [1.807, 2.05) is 6.07 Å². The third kappa shape index (κ3) is 3.61. The fourth-order valence-electron chi connectivity index (χ4n) is 3.35. The fraction of sp³-hybridized carbons (Fsp3) is 0.556. The van der Waals surface area contributed by atoms with Crippen molar-refractivity contribution in [1.29, 1.82) is 0 Å². The van der Waals surface area contributed by atoms with E-state index in [0.717, 1.165) is 25.8 Å². The van der Waals surface area contributed by atoms with Crippen LogP contribution in [0.3, 0.4) is 0 Å². The zero-order valence-electron chi connectivity index (χ0n) is 15.4. The lowest BCUT2D eigenvalue weighted by Crippen LogP contribution is -2.41. The lowest BCUT2D eigenvalue weighted by atomic mass is 10.0. The molecule has 1 aliphatic rings. The van der Waals surface area contributed by atoms with Crippen LogP contribution < -0.4 is 14.2 Å². The van der Waals surface area contributed by atoms with Crippen LogP contribution in [0.15, 0.2) is 16.7 Å². The number of aliphatic hydroxyl groups excluding tert-OH is 1. The molecule has 0 bridgehead atoms. The van der Waals surface area contributed by atoms with Gasteiger partial charge in [-0.15, -0.1) is 0 Å². The smallest absolute Gasteiger partial charge is 0.241 e. The molecule has 0 saturated carbocycles. The third-order valence-corrected chi connectivity index (χ3v) is 4.71. The maximum Gasteiger partial charge on any atom is 0.241 e. The molecule has 0 amide bonds. The number of methoxy groups -OCH3 is 3. The van der Waals surface area contributed by atoms with Gasteiger partial charge in [0.1, 0.15) is 0 Å². The molecule has 1 N–H and O–H groups in total. The van der Waals surface area contributed by atoms with E-state index < -0.39 is 0 Å². The molecule has 142 valence electrons. The number of ether oxygens (including phenoxy) is 3. The minimum atomic E-state index is 0.143.